The molecule has 9 heteroatoms. The molecule has 2 rings (SSSR count). The second kappa shape index (κ2) is 8.99. The monoisotopic (exact) mass is 373 g/mol. The van der Waals surface area contributed by atoms with Crippen molar-refractivity contribution < 1.29 is 38.4 Å². The van der Waals surface area contributed by atoms with E-state index in [1.165, 1.54) is 30.5 Å². The second-order valence-electron chi connectivity index (χ2n) is 4.93. The lowest BCUT2D eigenvalue weighted by Gasteiger charge is -2.09. The van der Waals surface area contributed by atoms with Gasteiger partial charge in [-0.05, 0) is 42.0 Å². The first-order valence-corrected chi connectivity index (χ1v) is 7.46. The van der Waals surface area contributed by atoms with Crippen molar-refractivity contribution in [1.29, 1.82) is 0 Å². The van der Waals surface area contributed by atoms with Gasteiger partial charge in [0.25, 0.3) is 0 Å². The molecule has 0 spiro atoms. The Labute approximate surface area is 153 Å². The molecular formula is C18H15NO8. The molecule has 0 radical (unpaired) electrons. The SMILES string of the molecule is COC(=O)Oc1ccc(C=Nc2cccc(C(=O)O)c2)cc1OC(=O)OC. The highest BCUT2D eigenvalue weighted by atomic mass is 16.7. The molecule has 0 atom stereocenters. The molecule has 0 aromatic heterocycles. The fourth-order valence-corrected chi connectivity index (χ4v) is 1.90. The third kappa shape index (κ3) is 5.56. The molecule has 0 aliphatic rings. The third-order valence-corrected chi connectivity index (χ3v) is 3.14. The summed E-state index contributed by atoms with van der Waals surface area (Å²) < 4.78 is 18.7. The van der Waals surface area contributed by atoms with Crippen LogP contribution in [0.1, 0.15) is 15.9 Å². The van der Waals surface area contributed by atoms with Crippen LogP contribution in [0.3, 0.4) is 0 Å². The van der Waals surface area contributed by atoms with Crippen molar-refractivity contribution in [2.45, 2.75) is 0 Å². The number of aromatic carboxylic acids is 1. The van der Waals surface area contributed by atoms with Crippen molar-refractivity contribution in [2.24, 2.45) is 4.99 Å². The summed E-state index contributed by atoms with van der Waals surface area (Å²) in [6, 6.07) is 10.4. The number of carbonyl (C=O) groups excluding carboxylic acids is 2. The molecule has 27 heavy (non-hydrogen) atoms. The van der Waals surface area contributed by atoms with Gasteiger partial charge in [-0.3, -0.25) is 4.99 Å². The maximum Gasteiger partial charge on any atom is 0.513 e. The molecule has 0 aliphatic heterocycles. The molecule has 2 aromatic rings. The van der Waals surface area contributed by atoms with Gasteiger partial charge in [-0.15, -0.1) is 0 Å². The lowest BCUT2D eigenvalue weighted by molar-refractivity contribution is 0.0696. The minimum absolute atomic E-state index is 0.0581. The number of carbonyl (C=O) groups is 3. The number of aliphatic imine (C=N–C) groups is 1. The van der Waals surface area contributed by atoms with Gasteiger partial charge in [0.1, 0.15) is 0 Å². The Morgan fingerprint density at radius 2 is 1.59 bits per heavy atom. The number of hydrogen-bond donors (Lipinski definition) is 1. The smallest absolute Gasteiger partial charge is 0.478 e. The van der Waals surface area contributed by atoms with E-state index < -0.39 is 18.3 Å². The molecular weight excluding hydrogens is 358 g/mol. The summed E-state index contributed by atoms with van der Waals surface area (Å²) >= 11 is 0. The zero-order valence-corrected chi connectivity index (χ0v) is 14.4. The Kier molecular flexibility index (Phi) is 6.48. The Bertz CT molecular complexity index is 891. The van der Waals surface area contributed by atoms with Crippen LogP contribution in [-0.2, 0) is 9.47 Å². The van der Waals surface area contributed by atoms with Gasteiger partial charge in [-0.25, -0.2) is 14.4 Å². The summed E-state index contributed by atoms with van der Waals surface area (Å²) in [5.74, 6) is -1.21. The van der Waals surface area contributed by atoms with Crippen molar-refractivity contribution in [3.8, 4) is 11.5 Å². The van der Waals surface area contributed by atoms with Crippen molar-refractivity contribution in [2.75, 3.05) is 14.2 Å². The maximum absolute atomic E-state index is 11.4. The van der Waals surface area contributed by atoms with E-state index in [0.717, 1.165) is 14.2 Å². The predicted octanol–water partition coefficient (Wildman–Crippen LogP) is 3.43. The van der Waals surface area contributed by atoms with Crippen LogP contribution < -0.4 is 9.47 Å². The van der Waals surface area contributed by atoms with Crippen LogP contribution in [0.5, 0.6) is 11.5 Å². The van der Waals surface area contributed by atoms with E-state index in [4.69, 9.17) is 14.6 Å². The highest BCUT2D eigenvalue weighted by molar-refractivity contribution is 5.89. The summed E-state index contributed by atoms with van der Waals surface area (Å²) in [5.41, 5.74) is 1.01. The third-order valence-electron chi connectivity index (χ3n) is 3.14. The van der Waals surface area contributed by atoms with Gasteiger partial charge in [0.15, 0.2) is 11.5 Å². The zero-order valence-electron chi connectivity index (χ0n) is 14.4. The maximum atomic E-state index is 11.4. The summed E-state index contributed by atoms with van der Waals surface area (Å²) in [4.78, 5) is 37.8. The fraction of sp³-hybridized carbons (Fsp3) is 0.111. The normalized spacial score (nSPS) is 10.3. The first-order valence-electron chi connectivity index (χ1n) is 7.46. The highest BCUT2D eigenvalue weighted by Gasteiger charge is 2.15. The van der Waals surface area contributed by atoms with E-state index in [9.17, 15) is 14.4 Å². The quantitative estimate of drug-likeness (QED) is 0.481. The van der Waals surface area contributed by atoms with Crippen LogP contribution >= 0.6 is 0 Å². The van der Waals surface area contributed by atoms with E-state index in [2.05, 4.69) is 14.5 Å². The number of hydrogen-bond acceptors (Lipinski definition) is 8. The summed E-state index contributed by atoms with van der Waals surface area (Å²) in [6.45, 7) is 0. The lowest BCUT2D eigenvalue weighted by atomic mass is 10.2. The van der Waals surface area contributed by atoms with E-state index in [-0.39, 0.29) is 17.1 Å². The van der Waals surface area contributed by atoms with Crippen LogP contribution in [0.15, 0.2) is 47.5 Å². The van der Waals surface area contributed by atoms with E-state index in [1.54, 1.807) is 18.2 Å². The molecule has 1 N–H and O–H groups in total. The standard InChI is InChI=1S/C18H15NO8/c1-24-17(22)26-14-7-6-11(8-15(14)27-18(23)25-2)10-19-13-5-3-4-12(9-13)16(20)21/h3-10H,1-2H3,(H,20,21). The van der Waals surface area contributed by atoms with Gasteiger partial charge in [0, 0.05) is 6.21 Å². The second-order valence-corrected chi connectivity index (χ2v) is 4.93. The molecule has 0 saturated heterocycles. The van der Waals surface area contributed by atoms with Gasteiger partial charge in [-0.2, -0.15) is 0 Å². The average Bonchev–Trinajstić information content (AvgIpc) is 2.67. The Morgan fingerprint density at radius 1 is 0.926 bits per heavy atom. The van der Waals surface area contributed by atoms with Crippen LogP contribution in [0.2, 0.25) is 0 Å². The first-order chi connectivity index (χ1) is 12.9. The van der Waals surface area contributed by atoms with Gasteiger partial charge >= 0.3 is 18.3 Å². The van der Waals surface area contributed by atoms with Crippen LogP contribution in [0.4, 0.5) is 15.3 Å². The van der Waals surface area contributed by atoms with Crippen molar-refractivity contribution in [1.82, 2.24) is 0 Å². The highest BCUT2D eigenvalue weighted by Crippen LogP contribution is 2.29. The van der Waals surface area contributed by atoms with Gasteiger partial charge < -0.3 is 24.1 Å². The van der Waals surface area contributed by atoms with Crippen molar-refractivity contribution in [3.05, 3.63) is 53.6 Å². The molecule has 0 saturated carbocycles. The lowest BCUT2D eigenvalue weighted by Crippen LogP contribution is -2.12. The Balaban J connectivity index is 2.30. The predicted molar refractivity (Wildman–Crippen MR) is 93.2 cm³/mol. The molecule has 2 aromatic carbocycles. The zero-order chi connectivity index (χ0) is 19.8. The number of nitrogens with zero attached hydrogens (tertiary/aromatic N) is 1. The molecule has 0 fully saturated rings. The van der Waals surface area contributed by atoms with E-state index in [1.807, 2.05) is 0 Å². The van der Waals surface area contributed by atoms with Crippen LogP contribution in [0.25, 0.3) is 0 Å². The van der Waals surface area contributed by atoms with Gasteiger partial charge in [0.05, 0.1) is 25.5 Å². The molecule has 0 heterocycles. The van der Waals surface area contributed by atoms with Crippen LogP contribution in [0, 0.1) is 0 Å². The topological polar surface area (TPSA) is 121 Å². The minimum atomic E-state index is -1.06. The molecule has 140 valence electrons. The number of rotatable bonds is 5. The summed E-state index contributed by atoms with van der Waals surface area (Å²) in [5, 5.41) is 9.00. The fourth-order valence-electron chi connectivity index (χ4n) is 1.90. The minimum Gasteiger partial charge on any atom is -0.478 e. The summed E-state index contributed by atoms with van der Waals surface area (Å²) in [6.07, 6.45) is -0.572. The number of benzene rings is 2. The van der Waals surface area contributed by atoms with Gasteiger partial charge in [0.2, 0.25) is 0 Å². The summed E-state index contributed by atoms with van der Waals surface area (Å²) in [7, 11) is 2.26. The molecule has 0 aliphatic carbocycles. The number of ether oxygens (including phenoxy) is 4. The molecule has 9 nitrogen and oxygen atoms in total. The first kappa shape index (κ1) is 19.4. The number of carboxylic acids is 1. The largest absolute Gasteiger partial charge is 0.513 e. The van der Waals surface area contributed by atoms with E-state index >= 15 is 0 Å². The van der Waals surface area contributed by atoms with Crippen molar-refractivity contribution >= 4 is 30.2 Å². The van der Waals surface area contributed by atoms with Gasteiger partial charge in [-0.1, -0.05) is 6.07 Å². The average molecular weight is 373 g/mol. The van der Waals surface area contributed by atoms with Crippen molar-refractivity contribution in [3.63, 3.8) is 0 Å². The van der Waals surface area contributed by atoms with Crippen LogP contribution in [-0.4, -0.2) is 43.8 Å². The number of methoxy groups -OCH3 is 2. The molecule has 0 unspecified atom stereocenters. The molecule has 0 bridgehead atoms. The Hall–Kier alpha value is -3.88. The Morgan fingerprint density at radius 3 is 2.22 bits per heavy atom. The molecule has 0 amide bonds. The van der Waals surface area contributed by atoms with E-state index in [0.29, 0.717) is 11.3 Å². The number of carboxylic acid groups (broad SMARTS) is 1.